The molecule has 0 amide bonds. The molecule has 1 rings (SSSR count). The minimum Gasteiger partial charge on any atom is -0.350 e. The van der Waals surface area contributed by atoms with E-state index in [1.165, 1.54) is 6.20 Å². The van der Waals surface area contributed by atoms with E-state index in [1.807, 2.05) is 0 Å². The molecule has 1 aliphatic rings. The molecule has 8 heteroatoms. The van der Waals surface area contributed by atoms with E-state index in [2.05, 4.69) is 5.32 Å². The molecule has 1 atom stereocenters. The monoisotopic (exact) mass is 295 g/mol. The maximum atomic E-state index is 11.4. The molecular weight excluding hydrogens is 292 g/mol. The Balaban J connectivity index is 3.46. The molecule has 14 heavy (non-hydrogen) atoms. The van der Waals surface area contributed by atoms with E-state index in [4.69, 9.17) is 46.4 Å². The maximum absolute atomic E-state index is 11.4. The Bertz CT molecular complexity index is 427. The van der Waals surface area contributed by atoms with Crippen LogP contribution in [0, 0.1) is 0 Å². The summed E-state index contributed by atoms with van der Waals surface area (Å²) >= 11 is 22.8. The number of hydrogen-bond donors (Lipinski definition) is 1. The number of sulfone groups is 1. The van der Waals surface area contributed by atoms with Crippen LogP contribution >= 0.6 is 46.4 Å². The molecule has 0 saturated heterocycles. The van der Waals surface area contributed by atoms with Crippen LogP contribution in [0.5, 0.6) is 0 Å². The molecule has 1 heterocycles. The molecule has 80 valence electrons. The van der Waals surface area contributed by atoms with Gasteiger partial charge in [0, 0.05) is 12.5 Å². The zero-order valence-corrected chi connectivity index (χ0v) is 10.7. The van der Waals surface area contributed by atoms with Gasteiger partial charge in [0.05, 0.1) is 10.1 Å². The normalized spacial score (nSPS) is 28.5. The van der Waals surface area contributed by atoms with Crippen molar-refractivity contribution in [3.05, 3.63) is 21.4 Å². The molecule has 0 aromatic rings. The molecule has 3 nitrogen and oxygen atoms in total. The first-order valence-corrected chi connectivity index (χ1v) is 6.68. The van der Waals surface area contributed by atoms with Crippen molar-refractivity contribution in [3.63, 3.8) is 0 Å². The van der Waals surface area contributed by atoms with E-state index in [0.29, 0.717) is 0 Å². The second kappa shape index (κ2) is 3.76. The van der Waals surface area contributed by atoms with Crippen molar-refractivity contribution >= 4 is 56.2 Å². The molecule has 1 unspecified atom stereocenters. The van der Waals surface area contributed by atoms with E-state index in [0.717, 1.165) is 6.26 Å². The van der Waals surface area contributed by atoms with Gasteiger partial charge in [-0.2, -0.15) is 0 Å². The van der Waals surface area contributed by atoms with Gasteiger partial charge in [-0.05, 0) is 0 Å². The second-order valence-electron chi connectivity index (χ2n) is 2.63. The van der Waals surface area contributed by atoms with Crippen molar-refractivity contribution in [2.45, 2.75) is 4.21 Å². The summed E-state index contributed by atoms with van der Waals surface area (Å²) in [6.45, 7) is 0. The van der Waals surface area contributed by atoms with Crippen LogP contribution in [0.15, 0.2) is 21.4 Å². The van der Waals surface area contributed by atoms with Crippen LogP contribution in [-0.4, -0.2) is 18.9 Å². The Labute approximate surface area is 102 Å². The molecule has 0 aromatic heterocycles. The summed E-state index contributed by atoms with van der Waals surface area (Å²) in [5, 5.41) is 2.02. The Morgan fingerprint density at radius 1 is 1.36 bits per heavy atom. The molecule has 0 spiro atoms. The van der Waals surface area contributed by atoms with Crippen molar-refractivity contribution in [2.24, 2.45) is 0 Å². The fourth-order valence-electron chi connectivity index (χ4n) is 0.869. The van der Waals surface area contributed by atoms with Crippen molar-refractivity contribution in [3.8, 4) is 0 Å². The van der Waals surface area contributed by atoms with Crippen molar-refractivity contribution in [1.29, 1.82) is 0 Å². The predicted molar refractivity (Wildman–Crippen MR) is 59.2 cm³/mol. The highest BCUT2D eigenvalue weighted by atomic mass is 35.5. The maximum Gasteiger partial charge on any atom is 0.220 e. The molecule has 0 bridgehead atoms. The topological polar surface area (TPSA) is 46.2 Å². The molecular formula is C6H5Cl4NO2S. The van der Waals surface area contributed by atoms with Gasteiger partial charge in [0.2, 0.25) is 4.21 Å². The van der Waals surface area contributed by atoms with Crippen LogP contribution in [0.4, 0.5) is 0 Å². The van der Waals surface area contributed by atoms with E-state index in [9.17, 15) is 8.42 Å². The lowest BCUT2D eigenvalue weighted by molar-refractivity contribution is 0.594. The highest BCUT2D eigenvalue weighted by Gasteiger charge is 2.48. The quantitative estimate of drug-likeness (QED) is 0.596. The summed E-state index contributed by atoms with van der Waals surface area (Å²) in [4.78, 5) is 0. The number of nitrogens with one attached hydrogen (secondary N) is 1. The standard InChI is InChI=1S/C6H5Cl4NO2S/c1-14(12,13)6(10)3(7)2-11-5(9)4(6)8/h2,11H,1H3. The fraction of sp³-hybridized carbons (Fsp3) is 0.333. The zero-order valence-electron chi connectivity index (χ0n) is 6.81. The van der Waals surface area contributed by atoms with Crippen molar-refractivity contribution in [2.75, 3.05) is 6.26 Å². The van der Waals surface area contributed by atoms with Gasteiger partial charge in [-0.15, -0.1) is 0 Å². The number of rotatable bonds is 1. The number of dihydropyridines is 1. The first-order valence-electron chi connectivity index (χ1n) is 3.28. The molecule has 1 aliphatic heterocycles. The van der Waals surface area contributed by atoms with Crippen LogP contribution in [0.25, 0.3) is 0 Å². The van der Waals surface area contributed by atoms with Crippen LogP contribution in [0.1, 0.15) is 0 Å². The van der Waals surface area contributed by atoms with Gasteiger partial charge in [-0.25, -0.2) is 8.42 Å². The summed E-state index contributed by atoms with van der Waals surface area (Å²) in [7, 11) is -3.71. The molecule has 0 saturated carbocycles. The fourth-order valence-corrected chi connectivity index (χ4v) is 3.35. The van der Waals surface area contributed by atoms with E-state index in [-0.39, 0.29) is 15.2 Å². The van der Waals surface area contributed by atoms with Crippen LogP contribution in [0.3, 0.4) is 0 Å². The first kappa shape index (κ1) is 12.5. The zero-order chi connectivity index (χ0) is 11.1. The Morgan fingerprint density at radius 3 is 2.21 bits per heavy atom. The SMILES string of the molecule is CS(=O)(=O)C1(Cl)C(Cl)=CNC(Cl)=C1Cl. The first-order chi connectivity index (χ1) is 6.21. The molecule has 0 fully saturated rings. The summed E-state index contributed by atoms with van der Waals surface area (Å²) in [6, 6.07) is 0. The lowest BCUT2D eigenvalue weighted by Gasteiger charge is -2.28. The number of hydrogen-bond acceptors (Lipinski definition) is 3. The third-order valence-corrected chi connectivity index (χ3v) is 5.98. The van der Waals surface area contributed by atoms with Crippen molar-refractivity contribution < 1.29 is 8.42 Å². The lowest BCUT2D eigenvalue weighted by Crippen LogP contribution is -2.37. The highest BCUT2D eigenvalue weighted by molar-refractivity contribution is 7.94. The average molecular weight is 297 g/mol. The smallest absolute Gasteiger partial charge is 0.220 e. The summed E-state index contributed by atoms with van der Waals surface area (Å²) in [5.74, 6) is 0. The van der Waals surface area contributed by atoms with Crippen LogP contribution in [-0.2, 0) is 9.84 Å². The minimum absolute atomic E-state index is 0.0588. The summed E-state index contributed by atoms with van der Waals surface area (Å²) < 4.78 is 20.9. The average Bonchev–Trinajstić information content (AvgIpc) is 2.06. The van der Waals surface area contributed by atoms with Gasteiger partial charge in [0.25, 0.3) is 0 Å². The molecule has 0 aromatic carbocycles. The third kappa shape index (κ3) is 1.74. The van der Waals surface area contributed by atoms with Gasteiger partial charge in [-0.3, -0.25) is 0 Å². The van der Waals surface area contributed by atoms with Crippen LogP contribution < -0.4 is 5.32 Å². The summed E-state index contributed by atoms with van der Waals surface area (Å²) in [6.07, 6.45) is 2.11. The number of halogens is 4. The third-order valence-electron chi connectivity index (χ3n) is 1.62. The number of alkyl halides is 1. The van der Waals surface area contributed by atoms with E-state index >= 15 is 0 Å². The van der Waals surface area contributed by atoms with Gasteiger partial charge in [-0.1, -0.05) is 46.4 Å². The van der Waals surface area contributed by atoms with Gasteiger partial charge in [0.15, 0.2) is 9.84 Å². The Kier molecular flexibility index (Phi) is 3.34. The van der Waals surface area contributed by atoms with Gasteiger partial charge >= 0.3 is 0 Å². The lowest BCUT2D eigenvalue weighted by atomic mass is 10.3. The van der Waals surface area contributed by atoms with Crippen molar-refractivity contribution in [1.82, 2.24) is 5.32 Å². The molecule has 0 aliphatic carbocycles. The highest BCUT2D eigenvalue weighted by Crippen LogP contribution is 2.45. The molecule has 0 radical (unpaired) electrons. The van der Waals surface area contributed by atoms with Gasteiger partial charge < -0.3 is 5.32 Å². The second-order valence-corrected chi connectivity index (χ2v) is 6.74. The van der Waals surface area contributed by atoms with Gasteiger partial charge in [0.1, 0.15) is 5.16 Å². The Hall–Kier alpha value is 0.390. The largest absolute Gasteiger partial charge is 0.350 e. The van der Waals surface area contributed by atoms with E-state index < -0.39 is 14.0 Å². The Morgan fingerprint density at radius 2 is 1.86 bits per heavy atom. The summed E-state index contributed by atoms with van der Waals surface area (Å²) in [5.41, 5.74) is 0. The van der Waals surface area contributed by atoms with Crippen LogP contribution in [0.2, 0.25) is 0 Å². The molecule has 1 N–H and O–H groups in total. The predicted octanol–water partition coefficient (Wildman–Crippen LogP) is 2.30. The minimum atomic E-state index is -3.71. The van der Waals surface area contributed by atoms with E-state index in [1.54, 1.807) is 0 Å².